The third-order valence-corrected chi connectivity index (χ3v) is 11.2. The lowest BCUT2D eigenvalue weighted by atomic mass is 10.1. The third kappa shape index (κ3) is 48.0. The second kappa shape index (κ2) is 52.6. The number of allylic oxidation sites excluding steroid dienone is 2. The highest BCUT2D eigenvalue weighted by molar-refractivity contribution is 5.69. The molecule has 0 N–H and O–H groups in total. The summed E-state index contributed by atoms with van der Waals surface area (Å²) in [6.45, 7) is 21.8. The largest absolute Gasteiger partial charge is 1.00 e. The van der Waals surface area contributed by atoms with Gasteiger partial charge in [-0.15, -0.1) is 0 Å². The average molecular weight is 1000 g/mol. The predicted molar refractivity (Wildman–Crippen MR) is 255 cm³/mol. The molecule has 1 saturated heterocycles. The van der Waals surface area contributed by atoms with E-state index < -0.39 is 0 Å². The highest BCUT2D eigenvalue weighted by Crippen LogP contribution is 2.13. The molecule has 0 bridgehead atoms. The number of halogens is 1. The van der Waals surface area contributed by atoms with E-state index in [0.717, 1.165) is 50.2 Å². The minimum atomic E-state index is -0.161. The molecule has 1 heterocycles. The van der Waals surface area contributed by atoms with Crippen LogP contribution in [0.4, 0.5) is 0 Å². The monoisotopic (exact) mass is 999 g/mol. The number of quaternary nitrogens is 1. The van der Waals surface area contributed by atoms with E-state index in [0.29, 0.717) is 132 Å². The van der Waals surface area contributed by atoms with Gasteiger partial charge in [-0.25, -0.2) is 0 Å². The van der Waals surface area contributed by atoms with Crippen LogP contribution >= 0.6 is 0 Å². The van der Waals surface area contributed by atoms with E-state index in [1.807, 2.05) is 0 Å². The molecule has 14 nitrogen and oxygen atoms in total. The van der Waals surface area contributed by atoms with Crippen molar-refractivity contribution in [2.75, 3.05) is 185 Å². The van der Waals surface area contributed by atoms with Gasteiger partial charge in [0.15, 0.2) is 0 Å². The van der Waals surface area contributed by atoms with Crippen molar-refractivity contribution in [2.24, 2.45) is 0 Å². The van der Waals surface area contributed by atoms with Gasteiger partial charge in [0.1, 0.15) is 6.61 Å². The lowest BCUT2D eigenvalue weighted by molar-refractivity contribution is -0.913. The Kier molecular flexibility index (Phi) is 51.9. The van der Waals surface area contributed by atoms with Crippen LogP contribution in [0, 0.1) is 0 Å². The number of likely N-dealkylation sites (N-methyl/N-ethyl adjacent to an activating group) is 1. The molecular weight excluding hydrogens is 900 g/mol. The third-order valence-electron chi connectivity index (χ3n) is 11.2. The molecule has 0 radical (unpaired) electrons. The van der Waals surface area contributed by atoms with Crippen LogP contribution < -0.4 is 17.0 Å². The molecule has 0 saturated carbocycles. The van der Waals surface area contributed by atoms with Crippen molar-refractivity contribution in [1.29, 1.82) is 0 Å². The smallest absolute Gasteiger partial charge is 0.307 e. The van der Waals surface area contributed by atoms with Crippen molar-refractivity contribution < 1.29 is 78.4 Å². The lowest BCUT2D eigenvalue weighted by Gasteiger charge is -2.42. The van der Waals surface area contributed by atoms with Crippen LogP contribution in [0.25, 0.3) is 0 Å². The van der Waals surface area contributed by atoms with Gasteiger partial charge in [-0.1, -0.05) is 90.2 Å². The molecule has 0 aromatic heterocycles. The van der Waals surface area contributed by atoms with Crippen LogP contribution in [0.2, 0.25) is 0 Å². The zero-order valence-corrected chi connectivity index (χ0v) is 43.5. The number of piperazine rings is 1. The Bertz CT molecular complexity index is 981. The number of carbonyl (C=O) groups is 1. The summed E-state index contributed by atoms with van der Waals surface area (Å²) in [7, 11) is 2.35. The number of hydrogen-bond acceptors (Lipinski definition) is 13. The zero-order valence-electron chi connectivity index (χ0n) is 41.9. The van der Waals surface area contributed by atoms with Gasteiger partial charge in [-0.2, -0.15) is 0 Å². The van der Waals surface area contributed by atoms with Gasteiger partial charge in [0.05, 0.1) is 159 Å². The quantitative estimate of drug-likeness (QED) is 0.0363. The first-order valence-corrected chi connectivity index (χ1v) is 25.7. The van der Waals surface area contributed by atoms with Gasteiger partial charge in [0.2, 0.25) is 0 Å². The van der Waals surface area contributed by atoms with Crippen molar-refractivity contribution in [2.45, 2.75) is 123 Å². The maximum Gasteiger partial charge on any atom is 0.307 e. The van der Waals surface area contributed by atoms with Crippen molar-refractivity contribution in [3.63, 3.8) is 0 Å². The molecule has 1 aliphatic rings. The van der Waals surface area contributed by atoms with E-state index in [4.69, 9.17) is 52.1 Å². The number of ether oxygens (including phenoxy) is 11. The van der Waals surface area contributed by atoms with Gasteiger partial charge in [0.25, 0.3) is 0 Å². The summed E-state index contributed by atoms with van der Waals surface area (Å²) in [4.78, 5) is 14.5. The van der Waals surface area contributed by atoms with Gasteiger partial charge in [-0.05, 0) is 38.5 Å². The predicted octanol–water partition coefficient (Wildman–Crippen LogP) is 4.69. The highest BCUT2D eigenvalue weighted by atomic mass is 79.9. The van der Waals surface area contributed by atoms with E-state index >= 15 is 0 Å². The van der Waals surface area contributed by atoms with Crippen molar-refractivity contribution >= 4 is 5.97 Å². The number of carbonyl (C=O) groups excluding carboxylic acids is 1. The standard InChI is InChI=1S/C50H99N2O12.BrH/c1-4-6-8-9-10-11-12-13-14-15-16-17-18-19-20-21-29-54-30-31-55-32-33-56-34-35-57-36-37-58-38-39-59-40-41-60-42-43-61-44-45-62-46-47-63-48-49-64-50(53)22-23-51-24-27-52(3,28-25-51)26-7-5-2;/h13-14H,4-12,15-49H2,1-3H3;1H/q+1;/p-1/b14-13-;. The first-order valence-electron chi connectivity index (χ1n) is 25.7. The maximum atomic E-state index is 12.1. The molecule has 0 unspecified atom stereocenters. The molecule has 0 aliphatic carbocycles. The molecule has 388 valence electrons. The Hall–Kier alpha value is -0.790. The first kappa shape index (κ1) is 64.2. The van der Waals surface area contributed by atoms with Gasteiger partial charge < -0.3 is 73.6 Å². The van der Waals surface area contributed by atoms with Crippen LogP contribution in [0.3, 0.4) is 0 Å². The number of rotatable bonds is 52. The molecule has 1 aliphatic heterocycles. The second-order valence-corrected chi connectivity index (χ2v) is 17.0. The highest BCUT2D eigenvalue weighted by Gasteiger charge is 2.28. The van der Waals surface area contributed by atoms with Gasteiger partial charge in [0, 0.05) is 26.2 Å². The van der Waals surface area contributed by atoms with E-state index in [1.54, 1.807) is 0 Å². The first-order chi connectivity index (χ1) is 31.6. The molecule has 1 rings (SSSR count). The molecule has 0 aromatic rings. The Morgan fingerprint density at radius 3 is 1.14 bits per heavy atom. The molecule has 0 atom stereocenters. The Morgan fingerprint density at radius 2 is 0.754 bits per heavy atom. The van der Waals surface area contributed by atoms with Crippen LogP contribution in [0.5, 0.6) is 0 Å². The summed E-state index contributed by atoms with van der Waals surface area (Å²) in [5.74, 6) is -0.161. The minimum Gasteiger partial charge on any atom is -1.00 e. The van der Waals surface area contributed by atoms with Crippen molar-refractivity contribution in [3.05, 3.63) is 12.2 Å². The fourth-order valence-electron chi connectivity index (χ4n) is 7.05. The SMILES string of the molecule is CCCCCCCC/C=C\CCCCCCCCOCCOCCOCCOCCOCCOCCOCCOCCOCCOCCOC(=O)CCN1CC[N+](C)(CCCC)CC1.[Br-]. The minimum absolute atomic E-state index is 0. The normalized spacial score (nSPS) is 14.1. The van der Waals surface area contributed by atoms with E-state index in [2.05, 4.69) is 37.9 Å². The number of hydrogen-bond donors (Lipinski definition) is 0. The number of nitrogens with zero attached hydrogens (tertiary/aromatic N) is 2. The molecule has 0 spiro atoms. The topological polar surface area (TPSA) is 122 Å². The van der Waals surface area contributed by atoms with Crippen LogP contribution in [0.1, 0.15) is 123 Å². The number of esters is 1. The number of unbranched alkanes of at least 4 members (excludes halogenated alkanes) is 13. The summed E-state index contributed by atoms with van der Waals surface area (Å²) < 4.78 is 62.0. The second-order valence-electron chi connectivity index (χ2n) is 17.0. The Labute approximate surface area is 408 Å². The summed E-state index contributed by atoms with van der Waals surface area (Å²) >= 11 is 0. The zero-order chi connectivity index (χ0) is 46.0. The molecule has 0 aromatic carbocycles. The Morgan fingerprint density at radius 1 is 0.431 bits per heavy atom. The van der Waals surface area contributed by atoms with Crippen LogP contribution in [-0.4, -0.2) is 200 Å². The molecular formula is C50H99BrN2O12. The summed E-state index contributed by atoms with van der Waals surface area (Å²) in [5.41, 5.74) is 0. The van der Waals surface area contributed by atoms with E-state index in [-0.39, 0.29) is 29.6 Å². The molecule has 65 heavy (non-hydrogen) atoms. The lowest BCUT2D eigenvalue weighted by Crippen LogP contribution is -3.00. The summed E-state index contributed by atoms with van der Waals surface area (Å²) in [5, 5.41) is 0. The molecule has 0 amide bonds. The summed E-state index contributed by atoms with van der Waals surface area (Å²) in [6.07, 6.45) is 26.2. The Balaban J connectivity index is 0.0000410. The van der Waals surface area contributed by atoms with E-state index in [9.17, 15) is 4.79 Å². The fourth-order valence-corrected chi connectivity index (χ4v) is 7.05. The summed E-state index contributed by atoms with van der Waals surface area (Å²) in [6, 6.07) is 0. The molecule has 15 heteroatoms. The van der Waals surface area contributed by atoms with Crippen molar-refractivity contribution in [3.8, 4) is 0 Å². The van der Waals surface area contributed by atoms with Gasteiger partial charge in [-0.3, -0.25) is 9.69 Å². The van der Waals surface area contributed by atoms with Crippen molar-refractivity contribution in [1.82, 2.24) is 4.90 Å². The van der Waals surface area contributed by atoms with Gasteiger partial charge >= 0.3 is 5.97 Å². The van der Waals surface area contributed by atoms with Crippen LogP contribution in [0.15, 0.2) is 12.2 Å². The van der Waals surface area contributed by atoms with Crippen LogP contribution in [-0.2, 0) is 56.9 Å². The molecule has 1 fully saturated rings. The maximum absolute atomic E-state index is 12.1. The fraction of sp³-hybridized carbons (Fsp3) is 0.940. The average Bonchev–Trinajstić information content (AvgIpc) is 3.30. The van der Waals surface area contributed by atoms with E-state index in [1.165, 1.54) is 103 Å².